The maximum atomic E-state index is 11.3. The Morgan fingerprint density at radius 1 is 1.50 bits per heavy atom. The summed E-state index contributed by atoms with van der Waals surface area (Å²) in [7, 11) is 0. The zero-order valence-electron chi connectivity index (χ0n) is 7.87. The van der Waals surface area contributed by atoms with Crippen molar-refractivity contribution >= 4 is 17.5 Å². The van der Waals surface area contributed by atoms with E-state index in [4.69, 9.17) is 0 Å². The van der Waals surface area contributed by atoms with Gasteiger partial charge in [0.25, 0.3) is 0 Å². The van der Waals surface area contributed by atoms with Gasteiger partial charge >= 0.3 is 0 Å². The van der Waals surface area contributed by atoms with E-state index in [1.54, 1.807) is 12.1 Å². The van der Waals surface area contributed by atoms with Crippen LogP contribution in [0.15, 0.2) is 18.2 Å². The number of benzene rings is 1. The molecule has 0 fully saturated rings. The Balaban J connectivity index is 2.67. The molecule has 0 saturated heterocycles. The van der Waals surface area contributed by atoms with Crippen molar-refractivity contribution in [3.63, 3.8) is 0 Å². The van der Waals surface area contributed by atoms with Gasteiger partial charge in [0, 0.05) is 17.7 Å². The summed E-state index contributed by atoms with van der Waals surface area (Å²) >= 11 is 0. The lowest BCUT2D eigenvalue weighted by molar-refractivity contribution is 0.101. The summed E-state index contributed by atoms with van der Waals surface area (Å²) in [5, 5.41) is 12.6. The molecule has 2 rings (SSSR count). The summed E-state index contributed by atoms with van der Waals surface area (Å²) in [6.45, 7) is 2.21. The number of ketones is 1. The number of Topliss-reactive ketones (excluding diaryl/α,β-unsaturated/α-hetero) is 1. The normalized spacial score (nSPS) is 13.2. The highest BCUT2D eigenvalue weighted by Gasteiger charge is 2.14. The molecular weight excluding hydrogens is 178 g/mol. The molecule has 14 heavy (non-hydrogen) atoms. The lowest BCUT2D eigenvalue weighted by atomic mass is 9.99. The van der Waals surface area contributed by atoms with E-state index in [2.05, 4.69) is 5.32 Å². The summed E-state index contributed by atoms with van der Waals surface area (Å²) in [5.41, 5.74) is 2.07. The van der Waals surface area contributed by atoms with E-state index in [0.717, 1.165) is 5.56 Å². The Kier molecular flexibility index (Phi) is 2.00. The van der Waals surface area contributed by atoms with Gasteiger partial charge in [-0.15, -0.1) is 0 Å². The van der Waals surface area contributed by atoms with Crippen LogP contribution in [0.25, 0.3) is 6.08 Å². The average Bonchev–Trinajstić information content (AvgIpc) is 2.18. The molecule has 0 radical (unpaired) electrons. The Labute approximate surface area is 82.1 Å². The Morgan fingerprint density at radius 3 is 3.00 bits per heavy atom. The van der Waals surface area contributed by atoms with Gasteiger partial charge in [0.15, 0.2) is 5.78 Å². The number of fused-ring (bicyclic) bond motifs is 1. The monoisotopic (exact) mass is 189 g/mol. The van der Waals surface area contributed by atoms with E-state index < -0.39 is 0 Å². The second-order valence-corrected chi connectivity index (χ2v) is 3.26. The quantitative estimate of drug-likeness (QED) is 0.525. The molecule has 0 spiro atoms. The van der Waals surface area contributed by atoms with Gasteiger partial charge in [-0.05, 0) is 19.1 Å². The van der Waals surface area contributed by atoms with Crippen molar-refractivity contribution in [1.29, 1.82) is 0 Å². The van der Waals surface area contributed by atoms with Crippen LogP contribution in [0.3, 0.4) is 0 Å². The molecule has 1 aromatic rings. The Morgan fingerprint density at radius 2 is 2.29 bits per heavy atom. The molecule has 0 bridgehead atoms. The van der Waals surface area contributed by atoms with Gasteiger partial charge in [-0.1, -0.05) is 12.2 Å². The molecule has 72 valence electrons. The number of carbonyl (C=O) groups excluding carboxylic acids is 1. The maximum absolute atomic E-state index is 11.3. The minimum Gasteiger partial charge on any atom is -0.506 e. The first-order valence-electron chi connectivity index (χ1n) is 4.47. The van der Waals surface area contributed by atoms with Crippen molar-refractivity contribution in [1.82, 2.24) is 0 Å². The predicted octanol–water partition coefficient (Wildman–Crippen LogP) is 2.03. The fourth-order valence-electron chi connectivity index (χ4n) is 1.61. The number of hydrogen-bond donors (Lipinski definition) is 2. The van der Waals surface area contributed by atoms with Crippen LogP contribution in [0.4, 0.5) is 5.69 Å². The first-order valence-corrected chi connectivity index (χ1v) is 4.47. The van der Waals surface area contributed by atoms with E-state index in [1.165, 1.54) is 6.92 Å². The highest BCUT2D eigenvalue weighted by molar-refractivity contribution is 6.01. The second-order valence-electron chi connectivity index (χ2n) is 3.26. The predicted molar refractivity (Wildman–Crippen MR) is 55.6 cm³/mol. The molecule has 1 heterocycles. The standard InChI is InChI=1S/C11H11NO2/c1-7(13)8-4-5-10(14)11-9(8)3-2-6-12-11/h2-5,12,14H,6H2,1H3. The second kappa shape index (κ2) is 3.18. The summed E-state index contributed by atoms with van der Waals surface area (Å²) in [4.78, 5) is 11.3. The van der Waals surface area contributed by atoms with Crippen molar-refractivity contribution in [3.8, 4) is 5.75 Å². The van der Waals surface area contributed by atoms with Gasteiger partial charge in [-0.3, -0.25) is 4.79 Å². The summed E-state index contributed by atoms with van der Waals surface area (Å²) in [6, 6.07) is 3.19. The van der Waals surface area contributed by atoms with Crippen LogP contribution in [0.1, 0.15) is 22.8 Å². The van der Waals surface area contributed by atoms with Crippen LogP contribution in [0.5, 0.6) is 5.75 Å². The molecule has 0 amide bonds. The van der Waals surface area contributed by atoms with Crippen molar-refractivity contribution in [2.75, 3.05) is 11.9 Å². The van der Waals surface area contributed by atoms with Gasteiger partial charge in [-0.2, -0.15) is 0 Å². The molecule has 1 aliphatic rings. The highest BCUT2D eigenvalue weighted by atomic mass is 16.3. The number of rotatable bonds is 1. The maximum Gasteiger partial charge on any atom is 0.160 e. The Hall–Kier alpha value is -1.77. The van der Waals surface area contributed by atoms with Crippen molar-refractivity contribution in [2.45, 2.75) is 6.92 Å². The van der Waals surface area contributed by atoms with Crippen LogP contribution in [0, 0.1) is 0 Å². The van der Waals surface area contributed by atoms with E-state index in [9.17, 15) is 9.90 Å². The van der Waals surface area contributed by atoms with Gasteiger partial charge in [0.1, 0.15) is 5.75 Å². The summed E-state index contributed by atoms with van der Waals surface area (Å²) in [6.07, 6.45) is 3.79. The van der Waals surface area contributed by atoms with Crippen LogP contribution in [0.2, 0.25) is 0 Å². The molecule has 0 aliphatic carbocycles. The third-order valence-electron chi connectivity index (χ3n) is 2.28. The summed E-state index contributed by atoms with van der Waals surface area (Å²) < 4.78 is 0. The first kappa shape index (κ1) is 8.81. The number of phenols is 1. The van der Waals surface area contributed by atoms with Crippen LogP contribution in [-0.4, -0.2) is 17.4 Å². The van der Waals surface area contributed by atoms with Crippen molar-refractivity contribution in [3.05, 3.63) is 29.3 Å². The molecule has 0 saturated carbocycles. The summed E-state index contributed by atoms with van der Waals surface area (Å²) in [5.74, 6) is 0.198. The molecule has 0 aromatic heterocycles. The molecule has 1 aliphatic heterocycles. The molecule has 2 N–H and O–H groups in total. The fourth-order valence-corrected chi connectivity index (χ4v) is 1.61. The fraction of sp³-hybridized carbons (Fsp3) is 0.182. The average molecular weight is 189 g/mol. The van der Waals surface area contributed by atoms with Crippen molar-refractivity contribution < 1.29 is 9.90 Å². The molecule has 3 heteroatoms. The lowest BCUT2D eigenvalue weighted by Gasteiger charge is -2.16. The molecule has 0 atom stereocenters. The number of carbonyl (C=O) groups is 1. The minimum atomic E-state index is 0.00889. The zero-order valence-corrected chi connectivity index (χ0v) is 7.87. The molecule has 0 unspecified atom stereocenters. The molecule has 3 nitrogen and oxygen atoms in total. The van der Waals surface area contributed by atoms with Gasteiger partial charge in [0.2, 0.25) is 0 Å². The number of phenolic OH excluding ortho intramolecular Hbond substituents is 1. The van der Waals surface area contributed by atoms with E-state index >= 15 is 0 Å². The topological polar surface area (TPSA) is 49.3 Å². The van der Waals surface area contributed by atoms with Gasteiger partial charge < -0.3 is 10.4 Å². The van der Waals surface area contributed by atoms with Crippen molar-refractivity contribution in [2.24, 2.45) is 0 Å². The van der Waals surface area contributed by atoms with Gasteiger partial charge in [0.05, 0.1) is 5.69 Å². The van der Waals surface area contributed by atoms with Crippen LogP contribution in [-0.2, 0) is 0 Å². The number of hydrogen-bond acceptors (Lipinski definition) is 3. The zero-order chi connectivity index (χ0) is 10.1. The smallest absolute Gasteiger partial charge is 0.160 e. The van der Waals surface area contributed by atoms with Crippen LogP contribution < -0.4 is 5.32 Å². The Bertz CT molecular complexity index is 422. The third kappa shape index (κ3) is 1.27. The number of anilines is 1. The largest absolute Gasteiger partial charge is 0.506 e. The number of nitrogens with one attached hydrogen (secondary N) is 1. The minimum absolute atomic E-state index is 0.00889. The lowest BCUT2D eigenvalue weighted by Crippen LogP contribution is -2.08. The number of aromatic hydroxyl groups is 1. The van der Waals surface area contributed by atoms with E-state index in [0.29, 0.717) is 17.8 Å². The SMILES string of the molecule is CC(=O)c1ccc(O)c2c1C=CCN2. The van der Waals surface area contributed by atoms with Crippen LogP contribution >= 0.6 is 0 Å². The first-order chi connectivity index (χ1) is 6.70. The van der Waals surface area contributed by atoms with Gasteiger partial charge in [-0.25, -0.2) is 0 Å². The molecular formula is C11H11NO2. The third-order valence-corrected chi connectivity index (χ3v) is 2.28. The van der Waals surface area contributed by atoms with E-state index in [-0.39, 0.29) is 11.5 Å². The van der Waals surface area contributed by atoms with E-state index in [1.807, 2.05) is 12.2 Å². The highest BCUT2D eigenvalue weighted by Crippen LogP contribution is 2.33. The molecule has 1 aromatic carbocycles.